The highest BCUT2D eigenvalue weighted by Crippen LogP contribution is 2.20. The van der Waals surface area contributed by atoms with Crippen LogP contribution in [0.25, 0.3) is 0 Å². The molecule has 0 aliphatic heterocycles. The molecule has 12 heavy (non-hydrogen) atoms. The monoisotopic (exact) mass is 161 g/mol. The van der Waals surface area contributed by atoms with Crippen LogP contribution in [0, 0.1) is 6.92 Å². The Morgan fingerprint density at radius 1 is 1.42 bits per heavy atom. The van der Waals surface area contributed by atoms with Gasteiger partial charge in [0.1, 0.15) is 0 Å². The minimum atomic E-state index is 0.279. The molecule has 0 amide bonds. The van der Waals surface area contributed by atoms with Crippen LogP contribution in [-0.2, 0) is 6.42 Å². The van der Waals surface area contributed by atoms with Crippen LogP contribution in [0.3, 0.4) is 0 Å². The van der Waals surface area contributed by atoms with Crippen LogP contribution >= 0.6 is 0 Å². The van der Waals surface area contributed by atoms with Crippen molar-refractivity contribution in [3.05, 3.63) is 29.1 Å². The van der Waals surface area contributed by atoms with Crippen LogP contribution in [-0.4, -0.2) is 10.8 Å². The number of fused-ring (bicyclic) bond motifs is 1. The third-order valence-corrected chi connectivity index (χ3v) is 2.27. The maximum atomic E-state index is 11.4. The smallest absolute Gasteiger partial charge is 0.163 e. The van der Waals surface area contributed by atoms with Crippen LogP contribution in [0.5, 0.6) is 0 Å². The molecule has 0 bridgehead atoms. The average molecular weight is 161 g/mol. The quantitative estimate of drug-likeness (QED) is 0.581. The Bertz CT molecular complexity index is 331. The maximum absolute atomic E-state index is 11.4. The van der Waals surface area contributed by atoms with Gasteiger partial charge in [0.15, 0.2) is 5.78 Å². The highest BCUT2D eigenvalue weighted by molar-refractivity contribution is 5.98. The number of Topliss-reactive ketones (excluding diaryl/α,β-unsaturated/α-hetero) is 1. The predicted octanol–water partition coefficient (Wildman–Crippen LogP) is 1.91. The van der Waals surface area contributed by atoms with E-state index in [0.29, 0.717) is 6.42 Å². The van der Waals surface area contributed by atoms with Crippen molar-refractivity contribution in [2.45, 2.75) is 26.2 Å². The van der Waals surface area contributed by atoms with Crippen molar-refractivity contribution in [1.29, 1.82) is 0 Å². The third kappa shape index (κ3) is 1.13. The van der Waals surface area contributed by atoms with E-state index in [1.807, 2.05) is 19.2 Å². The van der Waals surface area contributed by atoms with Gasteiger partial charge in [-0.05, 0) is 31.4 Å². The number of rotatable bonds is 0. The van der Waals surface area contributed by atoms with Crippen LogP contribution in [0.15, 0.2) is 12.3 Å². The first kappa shape index (κ1) is 7.47. The van der Waals surface area contributed by atoms with E-state index in [1.165, 1.54) is 0 Å². The molecule has 0 aromatic carbocycles. The lowest BCUT2D eigenvalue weighted by Crippen LogP contribution is -2.11. The molecular weight excluding hydrogens is 150 g/mol. The Labute approximate surface area is 71.6 Å². The van der Waals surface area contributed by atoms with Gasteiger partial charge in [-0.1, -0.05) is 0 Å². The minimum Gasteiger partial charge on any atom is -0.294 e. The van der Waals surface area contributed by atoms with Crippen LogP contribution in [0.1, 0.15) is 34.5 Å². The summed E-state index contributed by atoms with van der Waals surface area (Å²) in [6.07, 6.45) is 4.53. The molecule has 62 valence electrons. The summed E-state index contributed by atoms with van der Waals surface area (Å²) in [5, 5.41) is 0. The molecule has 0 saturated carbocycles. The molecule has 2 rings (SSSR count). The van der Waals surface area contributed by atoms with Crippen molar-refractivity contribution >= 4 is 5.78 Å². The number of ketones is 1. The predicted molar refractivity (Wildman–Crippen MR) is 46.2 cm³/mol. The fourth-order valence-corrected chi connectivity index (χ4v) is 1.62. The Kier molecular flexibility index (Phi) is 1.68. The van der Waals surface area contributed by atoms with Crippen molar-refractivity contribution in [3.63, 3.8) is 0 Å². The summed E-state index contributed by atoms with van der Waals surface area (Å²) in [4.78, 5) is 15.6. The van der Waals surface area contributed by atoms with Crippen molar-refractivity contribution in [2.75, 3.05) is 0 Å². The molecule has 1 heterocycles. The molecule has 1 aromatic rings. The second kappa shape index (κ2) is 2.70. The van der Waals surface area contributed by atoms with Gasteiger partial charge in [-0.2, -0.15) is 0 Å². The average Bonchev–Trinajstić information content (AvgIpc) is 2.07. The van der Waals surface area contributed by atoms with Gasteiger partial charge in [0.2, 0.25) is 0 Å². The van der Waals surface area contributed by atoms with Gasteiger partial charge in [0.05, 0.1) is 0 Å². The summed E-state index contributed by atoms with van der Waals surface area (Å²) in [7, 11) is 0. The lowest BCUT2D eigenvalue weighted by atomic mass is 9.92. The summed E-state index contributed by atoms with van der Waals surface area (Å²) in [6.45, 7) is 1.92. The van der Waals surface area contributed by atoms with Gasteiger partial charge in [0, 0.05) is 23.9 Å². The molecule has 1 aliphatic carbocycles. The van der Waals surface area contributed by atoms with Crippen molar-refractivity contribution in [2.24, 2.45) is 0 Å². The topological polar surface area (TPSA) is 30.0 Å². The number of aryl methyl sites for hydroxylation is 2. The van der Waals surface area contributed by atoms with E-state index in [4.69, 9.17) is 0 Å². The fraction of sp³-hybridized carbons (Fsp3) is 0.400. The van der Waals surface area contributed by atoms with Crippen molar-refractivity contribution in [1.82, 2.24) is 4.98 Å². The van der Waals surface area contributed by atoms with E-state index in [1.54, 1.807) is 0 Å². The maximum Gasteiger partial charge on any atom is 0.163 e. The van der Waals surface area contributed by atoms with Crippen LogP contribution in [0.4, 0.5) is 0 Å². The molecule has 0 unspecified atom stereocenters. The van der Waals surface area contributed by atoms with Crippen molar-refractivity contribution in [3.8, 4) is 0 Å². The second-order valence-corrected chi connectivity index (χ2v) is 3.26. The first-order valence-electron chi connectivity index (χ1n) is 4.26. The van der Waals surface area contributed by atoms with Gasteiger partial charge in [-0.25, -0.2) is 0 Å². The SMILES string of the molecule is Cc1cc2c(cn1)CCCC2=O. The summed E-state index contributed by atoms with van der Waals surface area (Å²) in [5.41, 5.74) is 2.95. The van der Waals surface area contributed by atoms with E-state index in [0.717, 1.165) is 29.7 Å². The second-order valence-electron chi connectivity index (χ2n) is 3.26. The largest absolute Gasteiger partial charge is 0.294 e. The third-order valence-electron chi connectivity index (χ3n) is 2.27. The number of carbonyl (C=O) groups excluding carboxylic acids is 1. The summed E-state index contributed by atoms with van der Waals surface area (Å²) in [6, 6.07) is 1.90. The molecule has 0 radical (unpaired) electrons. The molecule has 0 fully saturated rings. The zero-order valence-electron chi connectivity index (χ0n) is 7.13. The molecule has 2 heteroatoms. The standard InChI is InChI=1S/C10H11NO/c1-7-5-9-8(6-11-7)3-2-4-10(9)12/h5-6H,2-4H2,1H3. The Hall–Kier alpha value is -1.18. The first-order chi connectivity index (χ1) is 5.77. The zero-order chi connectivity index (χ0) is 8.55. The fourth-order valence-electron chi connectivity index (χ4n) is 1.62. The molecule has 0 saturated heterocycles. The number of hydrogen-bond donors (Lipinski definition) is 0. The molecular formula is C10H11NO. The summed E-state index contributed by atoms with van der Waals surface area (Å²) in [5.74, 6) is 0.279. The van der Waals surface area contributed by atoms with Crippen LogP contribution < -0.4 is 0 Å². The summed E-state index contributed by atoms with van der Waals surface area (Å²) < 4.78 is 0. The van der Waals surface area contributed by atoms with Gasteiger partial charge in [-0.3, -0.25) is 9.78 Å². The van der Waals surface area contributed by atoms with E-state index in [2.05, 4.69) is 4.98 Å². The Morgan fingerprint density at radius 3 is 3.08 bits per heavy atom. The van der Waals surface area contributed by atoms with E-state index < -0.39 is 0 Å². The Balaban J connectivity index is 2.54. The lowest BCUT2D eigenvalue weighted by Gasteiger charge is -2.13. The number of hydrogen-bond acceptors (Lipinski definition) is 2. The molecule has 1 aromatic heterocycles. The zero-order valence-corrected chi connectivity index (χ0v) is 7.13. The molecule has 0 N–H and O–H groups in total. The van der Waals surface area contributed by atoms with Gasteiger partial charge in [-0.15, -0.1) is 0 Å². The molecule has 0 atom stereocenters. The van der Waals surface area contributed by atoms with Gasteiger partial charge < -0.3 is 0 Å². The van der Waals surface area contributed by atoms with E-state index >= 15 is 0 Å². The van der Waals surface area contributed by atoms with Gasteiger partial charge in [0.25, 0.3) is 0 Å². The van der Waals surface area contributed by atoms with E-state index in [-0.39, 0.29) is 5.78 Å². The number of carbonyl (C=O) groups is 1. The number of nitrogens with zero attached hydrogens (tertiary/aromatic N) is 1. The van der Waals surface area contributed by atoms with E-state index in [9.17, 15) is 4.79 Å². The molecule has 1 aliphatic rings. The first-order valence-corrected chi connectivity index (χ1v) is 4.26. The molecule has 2 nitrogen and oxygen atoms in total. The highest BCUT2D eigenvalue weighted by atomic mass is 16.1. The number of aromatic nitrogens is 1. The normalized spacial score (nSPS) is 15.9. The summed E-state index contributed by atoms with van der Waals surface area (Å²) >= 11 is 0. The van der Waals surface area contributed by atoms with Gasteiger partial charge >= 0.3 is 0 Å². The highest BCUT2D eigenvalue weighted by Gasteiger charge is 2.16. The number of pyridine rings is 1. The van der Waals surface area contributed by atoms with Crippen LogP contribution in [0.2, 0.25) is 0 Å². The lowest BCUT2D eigenvalue weighted by molar-refractivity contribution is 0.0972. The molecule has 0 spiro atoms. The Morgan fingerprint density at radius 2 is 2.25 bits per heavy atom. The minimum absolute atomic E-state index is 0.279. The van der Waals surface area contributed by atoms with Crippen molar-refractivity contribution < 1.29 is 4.79 Å².